The number of likely N-dealkylation sites (N-methyl/N-ethyl adjacent to an activating group) is 1. The number of hydrogen-bond acceptors (Lipinski definition) is 3. The fraction of sp³-hybridized carbons (Fsp3) is 0.294. The maximum Gasteiger partial charge on any atom is 0.165 e. The number of nitrogens with one attached hydrogen (secondary N) is 1. The van der Waals surface area contributed by atoms with E-state index < -0.39 is 5.82 Å². The monoisotopic (exact) mass is 321 g/mol. The predicted octanol–water partition coefficient (Wildman–Crippen LogP) is 3.58. The Kier molecular flexibility index (Phi) is 4.50. The lowest BCUT2D eigenvalue weighted by atomic mass is 10.1. The van der Waals surface area contributed by atoms with E-state index in [9.17, 15) is 4.39 Å². The number of rotatable bonds is 5. The highest BCUT2D eigenvalue weighted by atomic mass is 35.5. The van der Waals surface area contributed by atoms with Crippen LogP contribution >= 0.6 is 11.6 Å². The third kappa shape index (κ3) is 3.18. The molecule has 0 saturated heterocycles. The Morgan fingerprint density at radius 2 is 2.23 bits per heavy atom. The Hall–Kier alpha value is -1.78. The van der Waals surface area contributed by atoms with E-state index >= 15 is 0 Å². The summed E-state index contributed by atoms with van der Waals surface area (Å²) in [7, 11) is 1.90. The Labute approximate surface area is 134 Å². The number of halogens is 2. The SMILES string of the molecule is CNCC1Cc2cccc(OCc3ccc(F)c(Cl)c3)c2O1. The van der Waals surface area contributed by atoms with Crippen LogP contribution in [0.1, 0.15) is 11.1 Å². The van der Waals surface area contributed by atoms with Crippen LogP contribution in [-0.2, 0) is 13.0 Å². The average Bonchev–Trinajstić information content (AvgIpc) is 2.92. The summed E-state index contributed by atoms with van der Waals surface area (Å²) in [4.78, 5) is 0. The fourth-order valence-corrected chi connectivity index (χ4v) is 2.76. The van der Waals surface area contributed by atoms with Gasteiger partial charge < -0.3 is 14.8 Å². The molecule has 0 bridgehead atoms. The zero-order valence-corrected chi connectivity index (χ0v) is 13.0. The molecule has 3 nitrogen and oxygen atoms in total. The Morgan fingerprint density at radius 3 is 3.00 bits per heavy atom. The summed E-state index contributed by atoms with van der Waals surface area (Å²) < 4.78 is 24.9. The maximum atomic E-state index is 13.2. The lowest BCUT2D eigenvalue weighted by Gasteiger charge is -2.13. The zero-order valence-electron chi connectivity index (χ0n) is 12.2. The van der Waals surface area contributed by atoms with Crippen LogP contribution in [0.4, 0.5) is 4.39 Å². The molecular weight excluding hydrogens is 305 g/mol. The fourth-order valence-electron chi connectivity index (χ4n) is 2.56. The van der Waals surface area contributed by atoms with E-state index in [1.165, 1.54) is 6.07 Å². The smallest absolute Gasteiger partial charge is 0.165 e. The second-order valence-electron chi connectivity index (χ2n) is 5.28. The second-order valence-corrected chi connectivity index (χ2v) is 5.69. The van der Waals surface area contributed by atoms with Crippen molar-refractivity contribution in [2.24, 2.45) is 0 Å². The van der Waals surface area contributed by atoms with Crippen LogP contribution in [0.5, 0.6) is 11.5 Å². The molecule has 0 amide bonds. The minimum absolute atomic E-state index is 0.102. The predicted molar refractivity (Wildman–Crippen MR) is 84.2 cm³/mol. The van der Waals surface area contributed by atoms with Crippen molar-refractivity contribution in [2.75, 3.05) is 13.6 Å². The third-order valence-corrected chi connectivity index (χ3v) is 3.89. The molecule has 5 heteroatoms. The van der Waals surface area contributed by atoms with Crippen molar-refractivity contribution in [1.82, 2.24) is 5.32 Å². The molecule has 0 fully saturated rings. The molecule has 1 aliphatic heterocycles. The third-order valence-electron chi connectivity index (χ3n) is 3.60. The zero-order chi connectivity index (χ0) is 15.5. The van der Waals surface area contributed by atoms with E-state index in [0.717, 1.165) is 29.8 Å². The van der Waals surface area contributed by atoms with Crippen molar-refractivity contribution in [3.63, 3.8) is 0 Å². The van der Waals surface area contributed by atoms with Crippen molar-refractivity contribution in [1.29, 1.82) is 0 Å². The summed E-state index contributed by atoms with van der Waals surface area (Å²) >= 11 is 5.78. The maximum absolute atomic E-state index is 13.2. The Balaban J connectivity index is 1.72. The topological polar surface area (TPSA) is 30.5 Å². The number of benzene rings is 2. The van der Waals surface area contributed by atoms with Crippen LogP contribution in [0, 0.1) is 5.82 Å². The van der Waals surface area contributed by atoms with Crippen molar-refractivity contribution < 1.29 is 13.9 Å². The van der Waals surface area contributed by atoms with Gasteiger partial charge in [-0.25, -0.2) is 4.39 Å². The summed E-state index contributed by atoms with van der Waals surface area (Å²) in [6, 6.07) is 10.5. The van der Waals surface area contributed by atoms with Crippen LogP contribution in [0.3, 0.4) is 0 Å². The van der Waals surface area contributed by atoms with Gasteiger partial charge in [0, 0.05) is 18.5 Å². The number of ether oxygens (including phenoxy) is 2. The van der Waals surface area contributed by atoms with Gasteiger partial charge in [0.1, 0.15) is 18.5 Å². The highest BCUT2D eigenvalue weighted by Crippen LogP contribution is 2.38. The van der Waals surface area contributed by atoms with Gasteiger partial charge in [0.25, 0.3) is 0 Å². The van der Waals surface area contributed by atoms with E-state index in [-0.39, 0.29) is 11.1 Å². The molecule has 0 spiro atoms. The molecule has 0 aromatic heterocycles. The largest absolute Gasteiger partial charge is 0.485 e. The van der Waals surface area contributed by atoms with Gasteiger partial charge >= 0.3 is 0 Å². The van der Waals surface area contributed by atoms with Crippen LogP contribution in [0.2, 0.25) is 5.02 Å². The summed E-state index contributed by atoms with van der Waals surface area (Å²) in [6.45, 7) is 1.11. The molecule has 22 heavy (non-hydrogen) atoms. The normalized spacial score (nSPS) is 16.2. The van der Waals surface area contributed by atoms with Crippen molar-refractivity contribution in [3.8, 4) is 11.5 Å². The highest BCUT2D eigenvalue weighted by Gasteiger charge is 2.25. The molecule has 2 aromatic rings. The lowest BCUT2D eigenvalue weighted by Crippen LogP contribution is -2.27. The van der Waals surface area contributed by atoms with Crippen molar-refractivity contribution in [2.45, 2.75) is 19.1 Å². The molecule has 0 aliphatic carbocycles. The van der Waals surface area contributed by atoms with Gasteiger partial charge in [0.2, 0.25) is 0 Å². The molecule has 1 atom stereocenters. The van der Waals surface area contributed by atoms with Crippen molar-refractivity contribution >= 4 is 11.6 Å². The minimum atomic E-state index is -0.427. The van der Waals surface area contributed by atoms with Gasteiger partial charge in [0.05, 0.1) is 5.02 Å². The van der Waals surface area contributed by atoms with Gasteiger partial charge in [-0.2, -0.15) is 0 Å². The van der Waals surface area contributed by atoms with Crippen LogP contribution in [-0.4, -0.2) is 19.7 Å². The second kappa shape index (κ2) is 6.55. The van der Waals surface area contributed by atoms with E-state index in [1.54, 1.807) is 12.1 Å². The van der Waals surface area contributed by atoms with Gasteiger partial charge in [-0.15, -0.1) is 0 Å². The number of hydrogen-bond donors (Lipinski definition) is 1. The van der Waals surface area contributed by atoms with Gasteiger partial charge in [-0.05, 0) is 30.8 Å². The summed E-state index contributed by atoms with van der Waals surface area (Å²) in [6.07, 6.45) is 1.00. The first-order valence-corrected chi connectivity index (χ1v) is 7.55. The molecule has 0 radical (unpaired) electrons. The van der Waals surface area contributed by atoms with E-state index in [2.05, 4.69) is 5.32 Å². The average molecular weight is 322 g/mol. The number of para-hydroxylation sites is 1. The first-order valence-electron chi connectivity index (χ1n) is 7.17. The molecule has 1 unspecified atom stereocenters. The molecule has 1 aliphatic rings. The highest BCUT2D eigenvalue weighted by molar-refractivity contribution is 6.30. The van der Waals surface area contributed by atoms with E-state index in [0.29, 0.717) is 12.4 Å². The molecule has 1 N–H and O–H groups in total. The lowest BCUT2D eigenvalue weighted by molar-refractivity contribution is 0.214. The quantitative estimate of drug-likeness (QED) is 0.913. The van der Waals surface area contributed by atoms with Gasteiger partial charge in [-0.1, -0.05) is 29.8 Å². The molecule has 2 aromatic carbocycles. The molecule has 3 rings (SSSR count). The van der Waals surface area contributed by atoms with Crippen LogP contribution in [0.25, 0.3) is 0 Å². The van der Waals surface area contributed by atoms with Crippen LogP contribution < -0.4 is 14.8 Å². The summed E-state index contributed by atoms with van der Waals surface area (Å²) in [5, 5.41) is 3.22. The van der Waals surface area contributed by atoms with E-state index in [1.807, 2.05) is 25.2 Å². The van der Waals surface area contributed by atoms with Crippen LogP contribution in [0.15, 0.2) is 36.4 Å². The molecule has 116 valence electrons. The van der Waals surface area contributed by atoms with Gasteiger partial charge in [-0.3, -0.25) is 0 Å². The van der Waals surface area contributed by atoms with Gasteiger partial charge in [0.15, 0.2) is 11.5 Å². The summed E-state index contributed by atoms with van der Waals surface area (Å²) in [5.41, 5.74) is 1.96. The van der Waals surface area contributed by atoms with E-state index in [4.69, 9.17) is 21.1 Å². The summed E-state index contributed by atoms with van der Waals surface area (Å²) in [5.74, 6) is 1.08. The Bertz CT molecular complexity index is 678. The number of fused-ring (bicyclic) bond motifs is 1. The van der Waals surface area contributed by atoms with Crippen molar-refractivity contribution in [3.05, 3.63) is 58.4 Å². The molecule has 1 heterocycles. The molecular formula is C17H17ClFNO2. The first kappa shape index (κ1) is 15.1. The first-order chi connectivity index (χ1) is 10.7. The minimum Gasteiger partial charge on any atom is -0.485 e. The Morgan fingerprint density at radius 1 is 1.36 bits per heavy atom. The standard InChI is InChI=1S/C17H17ClFNO2/c1-20-9-13-8-12-3-2-4-16(17(12)22-13)21-10-11-5-6-15(19)14(18)7-11/h2-7,13,20H,8-10H2,1H3. The molecule has 0 saturated carbocycles.